The number of aliphatic imine (C=N–C) groups is 1. The van der Waals surface area contributed by atoms with E-state index in [0.29, 0.717) is 34.4 Å². The van der Waals surface area contributed by atoms with Crippen molar-refractivity contribution < 1.29 is 19.4 Å². The maximum atomic E-state index is 14.5. The van der Waals surface area contributed by atoms with Crippen molar-refractivity contribution in [2.75, 3.05) is 13.2 Å². The maximum Gasteiger partial charge on any atom is 0.266 e. The van der Waals surface area contributed by atoms with Gasteiger partial charge in [0.05, 0.1) is 13.2 Å². The Balaban J connectivity index is 1.57. The van der Waals surface area contributed by atoms with Gasteiger partial charge in [0.25, 0.3) is 5.91 Å². The van der Waals surface area contributed by atoms with Gasteiger partial charge in [-0.3, -0.25) is 10.2 Å². The molecule has 47 heavy (non-hydrogen) atoms. The normalized spacial score (nSPS) is 16.9. The maximum absolute atomic E-state index is 14.5. The van der Waals surface area contributed by atoms with Crippen molar-refractivity contribution >= 4 is 50.9 Å². The molecule has 2 atom stereocenters. The van der Waals surface area contributed by atoms with Gasteiger partial charge in [-0.2, -0.15) is 0 Å². The van der Waals surface area contributed by atoms with Crippen molar-refractivity contribution in [2.45, 2.75) is 37.6 Å². The van der Waals surface area contributed by atoms with Crippen LogP contribution in [-0.2, 0) is 29.0 Å². The van der Waals surface area contributed by atoms with E-state index in [2.05, 4.69) is 36.8 Å². The van der Waals surface area contributed by atoms with Crippen molar-refractivity contribution in [1.82, 2.24) is 10.9 Å². The fourth-order valence-electron chi connectivity index (χ4n) is 5.22. The van der Waals surface area contributed by atoms with Gasteiger partial charge >= 0.3 is 0 Å². The summed E-state index contributed by atoms with van der Waals surface area (Å²) in [6, 6.07) is 27.3. The molecule has 1 amide bonds. The van der Waals surface area contributed by atoms with Crippen LogP contribution in [0.3, 0.4) is 0 Å². The molecule has 0 aliphatic carbocycles. The van der Waals surface area contributed by atoms with Crippen molar-refractivity contribution in [1.29, 1.82) is 0 Å². The Morgan fingerprint density at radius 1 is 1.04 bits per heavy atom. The highest BCUT2D eigenvalue weighted by atomic mass is 79.9. The second-order valence-electron chi connectivity index (χ2n) is 10.7. The topological polar surface area (TPSA) is 141 Å². The summed E-state index contributed by atoms with van der Waals surface area (Å²) in [5.74, 6) is 0.459. The van der Waals surface area contributed by atoms with Crippen molar-refractivity contribution in [3.05, 3.63) is 144 Å². The molecule has 0 spiro atoms. The molecule has 0 fully saturated rings. The van der Waals surface area contributed by atoms with E-state index in [1.54, 1.807) is 30.3 Å². The zero-order valence-electron chi connectivity index (χ0n) is 25.1. The molecule has 0 saturated carbocycles. The van der Waals surface area contributed by atoms with Crippen LogP contribution in [-0.4, -0.2) is 35.7 Å². The van der Waals surface area contributed by atoms with Crippen molar-refractivity contribution in [3.8, 4) is 5.75 Å². The first kappa shape index (κ1) is 34.3. The number of aliphatic hydroxyl groups excluding tert-OH is 1. The molecule has 0 aromatic heterocycles. The molecule has 0 bridgehead atoms. The van der Waals surface area contributed by atoms with E-state index in [1.807, 2.05) is 60.7 Å². The van der Waals surface area contributed by atoms with E-state index in [0.717, 1.165) is 26.7 Å². The number of carbonyl (C=O) groups is 1. The Bertz CT molecular complexity index is 1800. The van der Waals surface area contributed by atoms with Gasteiger partial charge in [0, 0.05) is 56.5 Å². The summed E-state index contributed by atoms with van der Waals surface area (Å²) < 4.78 is 13.1. The highest BCUT2D eigenvalue weighted by Gasteiger charge is 2.54. The monoisotopic (exact) mass is 736 g/mol. The summed E-state index contributed by atoms with van der Waals surface area (Å²) >= 11 is 16.1. The minimum absolute atomic E-state index is 0.0386. The molecule has 242 valence electrons. The standard InChI is InChI=1S/C34H31BrCl2N6O4/c35-29-9-4-3-8-28(29)31-34(19-23-6-1-2-7-24(23)20-40-43-38,33(45)42-39-21-25-10-13-26(36)18-30(25)37)41-32(47-31)22-11-14-27(15-12-22)46-17-5-16-44/h1-4,6-15,18,31,39,44H,5,16-17,19-21H2,(H,42,45)/t31-,34-/m0/s1. The zero-order chi connectivity index (χ0) is 33.2. The summed E-state index contributed by atoms with van der Waals surface area (Å²) in [6.07, 6.45) is -0.221. The molecule has 10 nitrogen and oxygen atoms in total. The molecule has 4 aromatic carbocycles. The van der Waals surface area contributed by atoms with Crippen LogP contribution in [0.2, 0.25) is 10.0 Å². The predicted molar refractivity (Wildman–Crippen MR) is 185 cm³/mol. The number of nitrogens with zero attached hydrogens (tertiary/aromatic N) is 4. The molecular formula is C34H31BrCl2N6O4. The third kappa shape index (κ3) is 8.26. The van der Waals surface area contributed by atoms with Gasteiger partial charge < -0.3 is 14.6 Å². The molecule has 5 rings (SSSR count). The predicted octanol–water partition coefficient (Wildman–Crippen LogP) is 7.65. The summed E-state index contributed by atoms with van der Waals surface area (Å²) in [5, 5.41) is 13.8. The summed E-state index contributed by atoms with van der Waals surface area (Å²) in [4.78, 5) is 22.5. The number of azide groups is 1. The van der Waals surface area contributed by atoms with Gasteiger partial charge in [0.2, 0.25) is 5.90 Å². The number of hydrogen-bond acceptors (Lipinski definition) is 7. The van der Waals surface area contributed by atoms with E-state index < -0.39 is 17.6 Å². The fourth-order valence-corrected chi connectivity index (χ4v) is 6.19. The van der Waals surface area contributed by atoms with Gasteiger partial charge in [0.1, 0.15) is 5.75 Å². The van der Waals surface area contributed by atoms with E-state index in [4.69, 9.17) is 48.3 Å². The molecule has 0 unspecified atom stereocenters. The Hall–Kier alpha value is -4.09. The molecule has 13 heteroatoms. The summed E-state index contributed by atoms with van der Waals surface area (Å²) in [5.41, 5.74) is 17.0. The number of amides is 1. The number of rotatable bonds is 14. The second kappa shape index (κ2) is 16.1. The molecule has 4 aromatic rings. The molecule has 1 heterocycles. The van der Waals surface area contributed by atoms with Crippen LogP contribution >= 0.6 is 39.1 Å². The van der Waals surface area contributed by atoms with Crippen LogP contribution in [0.25, 0.3) is 10.4 Å². The van der Waals surface area contributed by atoms with Crippen molar-refractivity contribution in [3.63, 3.8) is 0 Å². The lowest BCUT2D eigenvalue weighted by Crippen LogP contribution is -2.53. The largest absolute Gasteiger partial charge is 0.494 e. The molecule has 3 N–H and O–H groups in total. The number of carbonyl (C=O) groups excluding carboxylic acids is 1. The highest BCUT2D eigenvalue weighted by Crippen LogP contribution is 2.45. The second-order valence-corrected chi connectivity index (χ2v) is 12.4. The average Bonchev–Trinajstić information content (AvgIpc) is 3.46. The molecule has 1 aliphatic heterocycles. The average molecular weight is 738 g/mol. The lowest BCUT2D eigenvalue weighted by molar-refractivity contribution is -0.130. The number of hydrogen-bond donors (Lipinski definition) is 3. The third-order valence-electron chi connectivity index (χ3n) is 7.60. The number of nitrogens with one attached hydrogen (secondary N) is 2. The third-order valence-corrected chi connectivity index (χ3v) is 8.91. The first-order valence-corrected chi connectivity index (χ1v) is 16.3. The van der Waals surface area contributed by atoms with Crippen LogP contribution in [0.4, 0.5) is 0 Å². The minimum atomic E-state index is -1.52. The van der Waals surface area contributed by atoms with Gasteiger partial charge in [-0.1, -0.05) is 92.8 Å². The van der Waals surface area contributed by atoms with Crippen LogP contribution in [0, 0.1) is 0 Å². The molecular weight excluding hydrogens is 707 g/mol. The van der Waals surface area contributed by atoms with Gasteiger partial charge in [-0.05, 0) is 64.7 Å². The first-order valence-electron chi connectivity index (χ1n) is 14.7. The zero-order valence-corrected chi connectivity index (χ0v) is 28.2. The summed E-state index contributed by atoms with van der Waals surface area (Å²) in [6.45, 7) is 0.744. The van der Waals surface area contributed by atoms with Crippen LogP contribution in [0.5, 0.6) is 5.75 Å². The summed E-state index contributed by atoms with van der Waals surface area (Å²) in [7, 11) is 0. The minimum Gasteiger partial charge on any atom is -0.494 e. The van der Waals surface area contributed by atoms with Crippen molar-refractivity contribution in [2.24, 2.45) is 10.1 Å². The lowest BCUT2D eigenvalue weighted by atomic mass is 9.81. The Morgan fingerprint density at radius 2 is 1.79 bits per heavy atom. The van der Waals surface area contributed by atoms with Crippen LogP contribution in [0.15, 0.2) is 106 Å². The van der Waals surface area contributed by atoms with Crippen LogP contribution in [0.1, 0.15) is 40.3 Å². The molecule has 1 aliphatic rings. The van der Waals surface area contributed by atoms with Gasteiger partial charge in [0.15, 0.2) is 11.6 Å². The Morgan fingerprint density at radius 3 is 2.51 bits per heavy atom. The quantitative estimate of drug-likeness (QED) is 0.0401. The first-order chi connectivity index (χ1) is 22.8. The Labute approximate surface area is 290 Å². The smallest absolute Gasteiger partial charge is 0.266 e. The number of halogens is 3. The lowest BCUT2D eigenvalue weighted by Gasteiger charge is -2.32. The van der Waals surface area contributed by atoms with Gasteiger partial charge in [-0.25, -0.2) is 10.4 Å². The number of aliphatic hydroxyl groups is 1. The number of benzene rings is 4. The van der Waals surface area contributed by atoms with Gasteiger partial charge in [-0.15, -0.1) is 0 Å². The molecule has 0 saturated heterocycles. The van der Waals surface area contributed by atoms with Crippen LogP contribution < -0.4 is 15.6 Å². The number of ether oxygens (including phenoxy) is 2. The SMILES string of the molecule is [N-]=[N+]=NCc1ccccc1C[C@]1(C(=O)NNCc2ccc(Cl)cc2Cl)N=C(c2ccc(OCCCO)cc2)O[C@H]1c1ccccc1Br. The van der Waals surface area contributed by atoms with E-state index >= 15 is 0 Å². The van der Waals surface area contributed by atoms with E-state index in [-0.39, 0.29) is 32.0 Å². The van der Waals surface area contributed by atoms with E-state index in [1.165, 1.54) is 0 Å². The van der Waals surface area contributed by atoms with E-state index in [9.17, 15) is 4.79 Å². The number of hydrazine groups is 1. The fraction of sp³-hybridized carbons (Fsp3) is 0.235. The molecule has 0 radical (unpaired) electrons. The highest BCUT2D eigenvalue weighted by molar-refractivity contribution is 9.10. The Kier molecular flexibility index (Phi) is 11.8.